The van der Waals surface area contributed by atoms with Crippen LogP contribution in [-0.2, 0) is 4.79 Å². The zero-order valence-corrected chi connectivity index (χ0v) is 13.4. The van der Waals surface area contributed by atoms with Crippen LogP contribution >= 0.6 is 23.2 Å². The summed E-state index contributed by atoms with van der Waals surface area (Å²) in [6, 6.07) is 2.88. The number of carbonyl (C=O) groups is 3. The lowest BCUT2D eigenvalue weighted by Crippen LogP contribution is -2.45. The van der Waals surface area contributed by atoms with E-state index in [1.54, 1.807) is 13.8 Å². The van der Waals surface area contributed by atoms with Crippen LogP contribution in [0.4, 0.5) is 15.3 Å². The predicted octanol–water partition coefficient (Wildman–Crippen LogP) is 2.06. The Labute approximate surface area is 137 Å². The zero-order chi connectivity index (χ0) is 15.7. The highest BCUT2D eigenvalue weighted by Crippen LogP contribution is 2.28. The second kappa shape index (κ2) is 6.95. The van der Waals surface area contributed by atoms with E-state index in [9.17, 15) is 14.4 Å². The molecule has 5 amide bonds. The van der Waals surface area contributed by atoms with Gasteiger partial charge in [-0.1, -0.05) is 23.2 Å². The van der Waals surface area contributed by atoms with Gasteiger partial charge in [0.2, 0.25) is 0 Å². The largest absolute Gasteiger partial charge is 0.412 e. The minimum Gasteiger partial charge on any atom is -0.412 e. The molecule has 0 aromatic heterocycles. The summed E-state index contributed by atoms with van der Waals surface area (Å²) in [6.07, 6.45) is 0. The van der Waals surface area contributed by atoms with Crippen LogP contribution in [0.1, 0.15) is 13.8 Å². The van der Waals surface area contributed by atoms with Crippen molar-refractivity contribution in [1.82, 2.24) is 10.2 Å². The smallest absolute Gasteiger partial charge is 0.340 e. The molecule has 22 heavy (non-hydrogen) atoms. The molecule has 0 radical (unpaired) electrons. The summed E-state index contributed by atoms with van der Waals surface area (Å²) >= 11 is 11.7. The average molecular weight is 348 g/mol. The molecule has 0 unspecified atom stereocenters. The number of benzene rings is 1. The van der Waals surface area contributed by atoms with E-state index in [2.05, 4.69) is 5.32 Å². The number of halogens is 2. The summed E-state index contributed by atoms with van der Waals surface area (Å²) < 4.78 is 0. The van der Waals surface area contributed by atoms with Crippen molar-refractivity contribution in [2.75, 3.05) is 11.4 Å². The lowest BCUT2D eigenvalue weighted by atomic mass is 10.3. The fourth-order valence-electron chi connectivity index (χ4n) is 1.91. The van der Waals surface area contributed by atoms with Gasteiger partial charge in [0.05, 0.1) is 5.69 Å². The Hall–Kier alpha value is -1.83. The van der Waals surface area contributed by atoms with Gasteiger partial charge in [-0.25, -0.2) is 19.4 Å². The normalized spacial score (nSPS) is 14.4. The van der Waals surface area contributed by atoms with Gasteiger partial charge in [-0.2, -0.15) is 0 Å². The van der Waals surface area contributed by atoms with E-state index < -0.39 is 18.0 Å². The SMILES string of the molecule is CC(C)NC(=O)N1CC(=O)N(c2cc(Cl)cc(Cl)c2)C1=O.O. The Bertz CT molecular complexity index is 601. The number of carbonyl (C=O) groups excluding carboxylic acids is 3. The van der Waals surface area contributed by atoms with Crippen molar-refractivity contribution in [2.45, 2.75) is 19.9 Å². The third kappa shape index (κ3) is 3.68. The summed E-state index contributed by atoms with van der Waals surface area (Å²) in [5.74, 6) is -0.516. The molecule has 2 rings (SSSR count). The molecule has 1 aliphatic heterocycles. The van der Waals surface area contributed by atoms with E-state index >= 15 is 0 Å². The van der Waals surface area contributed by atoms with Crippen molar-refractivity contribution in [3.63, 3.8) is 0 Å². The van der Waals surface area contributed by atoms with Gasteiger partial charge in [0.25, 0.3) is 5.91 Å². The maximum atomic E-state index is 12.2. The minimum atomic E-state index is -0.725. The standard InChI is InChI=1S/C13H13Cl2N3O3.H2O/c1-7(2)16-12(20)17-6-11(19)18(13(17)21)10-4-8(14)3-9(15)5-10;/h3-5,7H,6H2,1-2H3,(H,16,20);1H2. The van der Waals surface area contributed by atoms with E-state index in [4.69, 9.17) is 23.2 Å². The first-order chi connectivity index (χ1) is 9.79. The molecule has 9 heteroatoms. The monoisotopic (exact) mass is 347 g/mol. The Morgan fingerprint density at radius 1 is 1.18 bits per heavy atom. The molecule has 120 valence electrons. The average Bonchev–Trinajstić information content (AvgIpc) is 2.62. The first-order valence-corrected chi connectivity index (χ1v) is 6.96. The lowest BCUT2D eigenvalue weighted by molar-refractivity contribution is -0.116. The first kappa shape index (κ1) is 18.2. The van der Waals surface area contributed by atoms with Crippen LogP contribution in [0.15, 0.2) is 18.2 Å². The molecule has 1 aromatic rings. The second-order valence-electron chi connectivity index (χ2n) is 4.83. The number of imide groups is 2. The molecule has 0 saturated carbocycles. The van der Waals surface area contributed by atoms with Crippen molar-refractivity contribution in [2.24, 2.45) is 0 Å². The number of nitrogens with zero attached hydrogens (tertiary/aromatic N) is 2. The van der Waals surface area contributed by atoms with Crippen molar-refractivity contribution in [1.29, 1.82) is 0 Å². The highest BCUT2D eigenvalue weighted by Gasteiger charge is 2.41. The Morgan fingerprint density at radius 3 is 2.23 bits per heavy atom. The number of amides is 5. The van der Waals surface area contributed by atoms with Crippen LogP contribution in [0.5, 0.6) is 0 Å². The molecule has 3 N–H and O–H groups in total. The van der Waals surface area contributed by atoms with Gasteiger partial charge in [0.15, 0.2) is 0 Å². The van der Waals surface area contributed by atoms with Crippen LogP contribution in [0.3, 0.4) is 0 Å². The molecule has 0 bridgehead atoms. The minimum absolute atomic E-state index is 0. The number of nitrogens with one attached hydrogen (secondary N) is 1. The van der Waals surface area contributed by atoms with E-state index in [1.165, 1.54) is 18.2 Å². The van der Waals surface area contributed by atoms with Gasteiger partial charge in [-0.15, -0.1) is 0 Å². The summed E-state index contributed by atoms with van der Waals surface area (Å²) in [5, 5.41) is 3.15. The topological polar surface area (TPSA) is 101 Å². The number of hydrogen-bond donors (Lipinski definition) is 1. The van der Waals surface area contributed by atoms with Crippen molar-refractivity contribution in [3.05, 3.63) is 28.2 Å². The fraction of sp³-hybridized carbons (Fsp3) is 0.308. The third-order valence-corrected chi connectivity index (χ3v) is 3.16. The van der Waals surface area contributed by atoms with Gasteiger partial charge in [0, 0.05) is 16.1 Å². The molecule has 1 heterocycles. The lowest BCUT2D eigenvalue weighted by Gasteiger charge is -2.18. The molecule has 1 saturated heterocycles. The molecule has 7 nitrogen and oxygen atoms in total. The van der Waals surface area contributed by atoms with E-state index in [1.807, 2.05) is 0 Å². The van der Waals surface area contributed by atoms with E-state index in [-0.39, 0.29) is 23.8 Å². The Kier molecular flexibility index (Phi) is 5.76. The summed E-state index contributed by atoms with van der Waals surface area (Å²) in [7, 11) is 0. The molecule has 0 aliphatic carbocycles. The predicted molar refractivity (Wildman–Crippen MR) is 83.3 cm³/mol. The molecular weight excluding hydrogens is 333 g/mol. The number of hydrogen-bond acceptors (Lipinski definition) is 3. The molecule has 1 aromatic carbocycles. The molecule has 1 fully saturated rings. The number of urea groups is 2. The van der Waals surface area contributed by atoms with Gasteiger partial charge < -0.3 is 10.8 Å². The second-order valence-corrected chi connectivity index (χ2v) is 5.70. The Balaban J connectivity index is 0.00000242. The van der Waals surface area contributed by atoms with Crippen LogP contribution in [0.2, 0.25) is 10.0 Å². The fourth-order valence-corrected chi connectivity index (χ4v) is 2.42. The van der Waals surface area contributed by atoms with Crippen LogP contribution in [0, 0.1) is 0 Å². The summed E-state index contributed by atoms with van der Waals surface area (Å²) in [5.41, 5.74) is 0.238. The van der Waals surface area contributed by atoms with Crippen molar-refractivity contribution in [3.8, 4) is 0 Å². The maximum absolute atomic E-state index is 12.2. The highest BCUT2D eigenvalue weighted by atomic mass is 35.5. The molecule has 1 aliphatic rings. The van der Waals surface area contributed by atoms with Gasteiger partial charge >= 0.3 is 12.1 Å². The number of rotatable bonds is 2. The van der Waals surface area contributed by atoms with Crippen LogP contribution < -0.4 is 10.2 Å². The van der Waals surface area contributed by atoms with Crippen molar-refractivity contribution < 1.29 is 19.9 Å². The maximum Gasteiger partial charge on any atom is 0.340 e. The summed E-state index contributed by atoms with van der Waals surface area (Å²) in [4.78, 5) is 37.9. The first-order valence-electron chi connectivity index (χ1n) is 6.20. The number of anilines is 1. The van der Waals surface area contributed by atoms with E-state index in [0.29, 0.717) is 10.0 Å². The molecular formula is C13H15Cl2N3O4. The van der Waals surface area contributed by atoms with Crippen LogP contribution in [-0.4, -0.2) is 40.9 Å². The quantitative estimate of drug-likeness (QED) is 0.828. The van der Waals surface area contributed by atoms with Gasteiger partial charge in [0.1, 0.15) is 6.54 Å². The summed E-state index contributed by atoms with van der Waals surface area (Å²) in [6.45, 7) is 3.20. The van der Waals surface area contributed by atoms with Gasteiger partial charge in [-0.3, -0.25) is 4.79 Å². The van der Waals surface area contributed by atoms with Gasteiger partial charge in [-0.05, 0) is 32.0 Å². The van der Waals surface area contributed by atoms with E-state index in [0.717, 1.165) is 9.80 Å². The highest BCUT2D eigenvalue weighted by molar-refractivity contribution is 6.35. The van der Waals surface area contributed by atoms with Crippen LogP contribution in [0.25, 0.3) is 0 Å². The zero-order valence-electron chi connectivity index (χ0n) is 11.9. The molecule has 0 atom stereocenters. The Morgan fingerprint density at radius 2 is 1.73 bits per heavy atom. The third-order valence-electron chi connectivity index (χ3n) is 2.73. The van der Waals surface area contributed by atoms with Crippen molar-refractivity contribution >= 4 is 46.9 Å². The molecule has 0 spiro atoms.